The van der Waals surface area contributed by atoms with E-state index in [1.165, 1.54) is 12.0 Å². The molecule has 122 valence electrons. The zero-order valence-corrected chi connectivity index (χ0v) is 14.5. The fourth-order valence-corrected chi connectivity index (χ4v) is 4.11. The summed E-state index contributed by atoms with van der Waals surface area (Å²) in [6.45, 7) is 2.13. The molecule has 4 rings (SSSR count). The third-order valence-corrected chi connectivity index (χ3v) is 5.51. The summed E-state index contributed by atoms with van der Waals surface area (Å²) < 4.78 is 5.22. The summed E-state index contributed by atoms with van der Waals surface area (Å²) in [6.07, 6.45) is 1.20. The van der Waals surface area contributed by atoms with Crippen LogP contribution in [0.2, 0.25) is 0 Å². The molecule has 3 aromatic rings. The standard InChI is InChI=1S/C20H20N2OS/c1-23-18-9-7-16(8-10-18)19-14-24-20(21-19)22-12-11-17(13-22)15-5-3-2-4-6-15/h2-10,14,17H,11-13H2,1H3/t17-/m0/s1. The van der Waals surface area contributed by atoms with E-state index in [4.69, 9.17) is 9.72 Å². The van der Waals surface area contributed by atoms with E-state index in [0.717, 1.165) is 35.2 Å². The zero-order valence-electron chi connectivity index (χ0n) is 13.7. The Hall–Kier alpha value is -2.33. The SMILES string of the molecule is COc1ccc(-c2csc(N3CC[C@H](c4ccccc4)C3)n2)cc1. The lowest BCUT2D eigenvalue weighted by molar-refractivity contribution is 0.415. The highest BCUT2D eigenvalue weighted by molar-refractivity contribution is 7.14. The van der Waals surface area contributed by atoms with E-state index in [9.17, 15) is 0 Å². The van der Waals surface area contributed by atoms with E-state index in [2.05, 4.69) is 52.7 Å². The highest BCUT2D eigenvalue weighted by Crippen LogP contribution is 2.34. The first kappa shape index (κ1) is 15.2. The predicted molar refractivity (Wildman–Crippen MR) is 100 cm³/mol. The van der Waals surface area contributed by atoms with Crippen molar-refractivity contribution >= 4 is 16.5 Å². The van der Waals surface area contributed by atoms with Crippen molar-refractivity contribution in [3.8, 4) is 17.0 Å². The molecule has 1 aromatic heterocycles. The Morgan fingerprint density at radius 2 is 1.88 bits per heavy atom. The predicted octanol–water partition coefficient (Wildman–Crippen LogP) is 4.81. The van der Waals surface area contributed by atoms with Crippen LogP contribution in [0.5, 0.6) is 5.75 Å². The lowest BCUT2D eigenvalue weighted by Gasteiger charge is -2.15. The van der Waals surface area contributed by atoms with Crippen molar-refractivity contribution in [3.63, 3.8) is 0 Å². The average molecular weight is 336 g/mol. The Bertz CT molecular complexity index is 798. The number of aromatic nitrogens is 1. The Labute approximate surface area is 146 Å². The third kappa shape index (κ3) is 3.02. The lowest BCUT2D eigenvalue weighted by atomic mass is 9.99. The van der Waals surface area contributed by atoms with Gasteiger partial charge < -0.3 is 9.64 Å². The van der Waals surface area contributed by atoms with Crippen LogP contribution in [0.15, 0.2) is 60.0 Å². The molecule has 2 heterocycles. The fraction of sp³-hybridized carbons (Fsp3) is 0.250. The molecule has 1 fully saturated rings. The Morgan fingerprint density at radius 1 is 1.08 bits per heavy atom. The maximum Gasteiger partial charge on any atom is 0.185 e. The normalized spacial score (nSPS) is 17.2. The summed E-state index contributed by atoms with van der Waals surface area (Å²) in [5.41, 5.74) is 3.62. The van der Waals surface area contributed by atoms with Gasteiger partial charge in [-0.05, 0) is 36.2 Å². The van der Waals surface area contributed by atoms with Crippen LogP contribution in [0.3, 0.4) is 0 Å². The van der Waals surface area contributed by atoms with E-state index >= 15 is 0 Å². The van der Waals surface area contributed by atoms with Crippen molar-refractivity contribution in [2.24, 2.45) is 0 Å². The van der Waals surface area contributed by atoms with Crippen LogP contribution in [0.25, 0.3) is 11.3 Å². The highest BCUT2D eigenvalue weighted by Gasteiger charge is 2.25. The van der Waals surface area contributed by atoms with Gasteiger partial charge in [0.05, 0.1) is 12.8 Å². The van der Waals surface area contributed by atoms with E-state index in [1.54, 1.807) is 18.4 Å². The van der Waals surface area contributed by atoms with Crippen LogP contribution >= 0.6 is 11.3 Å². The molecule has 0 radical (unpaired) electrons. The second-order valence-electron chi connectivity index (χ2n) is 6.09. The minimum Gasteiger partial charge on any atom is -0.497 e. The van der Waals surface area contributed by atoms with Gasteiger partial charge in [0.2, 0.25) is 0 Å². The molecule has 0 spiro atoms. The number of rotatable bonds is 4. The maximum atomic E-state index is 5.22. The molecule has 0 aliphatic carbocycles. The van der Waals surface area contributed by atoms with Gasteiger partial charge in [0, 0.05) is 30.0 Å². The molecular formula is C20H20N2OS. The molecule has 0 N–H and O–H groups in total. The largest absolute Gasteiger partial charge is 0.497 e. The molecule has 24 heavy (non-hydrogen) atoms. The van der Waals surface area contributed by atoms with Gasteiger partial charge in [0.15, 0.2) is 5.13 Å². The Balaban J connectivity index is 1.49. The molecule has 1 aliphatic heterocycles. The fourth-order valence-electron chi connectivity index (χ4n) is 3.24. The number of hydrogen-bond acceptors (Lipinski definition) is 4. The second-order valence-corrected chi connectivity index (χ2v) is 6.92. The summed E-state index contributed by atoms with van der Waals surface area (Å²) in [6, 6.07) is 18.9. The van der Waals surface area contributed by atoms with Crippen LogP contribution in [-0.4, -0.2) is 25.2 Å². The van der Waals surface area contributed by atoms with Gasteiger partial charge in [0.25, 0.3) is 0 Å². The van der Waals surface area contributed by atoms with Gasteiger partial charge in [-0.1, -0.05) is 30.3 Å². The summed E-state index contributed by atoms with van der Waals surface area (Å²) in [7, 11) is 1.69. The number of hydrogen-bond donors (Lipinski definition) is 0. The quantitative estimate of drug-likeness (QED) is 0.683. The molecule has 0 unspecified atom stereocenters. The molecule has 0 amide bonds. The van der Waals surface area contributed by atoms with Gasteiger partial charge in [-0.25, -0.2) is 4.98 Å². The molecule has 0 saturated carbocycles. The Kier molecular flexibility index (Phi) is 4.22. The molecule has 1 saturated heterocycles. The molecule has 4 heteroatoms. The van der Waals surface area contributed by atoms with Crippen molar-refractivity contribution in [1.82, 2.24) is 4.98 Å². The van der Waals surface area contributed by atoms with Gasteiger partial charge >= 0.3 is 0 Å². The van der Waals surface area contributed by atoms with Gasteiger partial charge in [-0.2, -0.15) is 0 Å². The van der Waals surface area contributed by atoms with E-state index in [1.807, 2.05) is 12.1 Å². The zero-order chi connectivity index (χ0) is 16.4. The molecule has 2 aromatic carbocycles. The van der Waals surface area contributed by atoms with Crippen LogP contribution in [0.1, 0.15) is 17.9 Å². The van der Waals surface area contributed by atoms with Crippen LogP contribution in [-0.2, 0) is 0 Å². The van der Waals surface area contributed by atoms with Crippen molar-refractivity contribution in [2.45, 2.75) is 12.3 Å². The summed E-state index contributed by atoms with van der Waals surface area (Å²) in [5.74, 6) is 1.49. The first-order chi connectivity index (χ1) is 11.8. The van der Waals surface area contributed by atoms with Crippen molar-refractivity contribution in [3.05, 3.63) is 65.5 Å². The van der Waals surface area contributed by atoms with Gasteiger partial charge in [-0.15, -0.1) is 11.3 Å². The van der Waals surface area contributed by atoms with Gasteiger partial charge in [-0.3, -0.25) is 0 Å². The van der Waals surface area contributed by atoms with E-state index in [0.29, 0.717) is 5.92 Å². The van der Waals surface area contributed by atoms with Crippen LogP contribution < -0.4 is 9.64 Å². The number of thiazole rings is 1. The minimum atomic E-state index is 0.611. The number of anilines is 1. The number of nitrogens with zero attached hydrogens (tertiary/aromatic N) is 2. The third-order valence-electron chi connectivity index (χ3n) is 4.61. The molecule has 3 nitrogen and oxygen atoms in total. The number of benzene rings is 2. The van der Waals surface area contributed by atoms with Crippen LogP contribution in [0.4, 0.5) is 5.13 Å². The molecule has 0 bridgehead atoms. The molecule has 1 atom stereocenters. The first-order valence-electron chi connectivity index (χ1n) is 8.23. The van der Waals surface area contributed by atoms with Crippen molar-refractivity contribution < 1.29 is 4.74 Å². The summed E-state index contributed by atoms with van der Waals surface area (Å²) in [4.78, 5) is 7.26. The molecular weight excluding hydrogens is 316 g/mol. The minimum absolute atomic E-state index is 0.611. The first-order valence-corrected chi connectivity index (χ1v) is 9.11. The molecule has 1 aliphatic rings. The summed E-state index contributed by atoms with van der Waals surface area (Å²) in [5, 5.41) is 3.27. The van der Waals surface area contributed by atoms with Crippen molar-refractivity contribution in [1.29, 1.82) is 0 Å². The number of methoxy groups -OCH3 is 1. The monoisotopic (exact) mass is 336 g/mol. The van der Waals surface area contributed by atoms with E-state index < -0.39 is 0 Å². The average Bonchev–Trinajstić information content (AvgIpc) is 3.32. The second kappa shape index (κ2) is 6.65. The number of ether oxygens (including phenoxy) is 1. The highest BCUT2D eigenvalue weighted by atomic mass is 32.1. The lowest BCUT2D eigenvalue weighted by Crippen LogP contribution is -2.18. The van der Waals surface area contributed by atoms with Gasteiger partial charge in [0.1, 0.15) is 5.75 Å². The smallest absolute Gasteiger partial charge is 0.185 e. The van der Waals surface area contributed by atoms with Crippen molar-refractivity contribution in [2.75, 3.05) is 25.1 Å². The maximum absolute atomic E-state index is 5.22. The Morgan fingerprint density at radius 3 is 2.62 bits per heavy atom. The van der Waals surface area contributed by atoms with Crippen LogP contribution in [0, 0.1) is 0 Å². The van der Waals surface area contributed by atoms with E-state index in [-0.39, 0.29) is 0 Å². The summed E-state index contributed by atoms with van der Waals surface area (Å²) >= 11 is 1.73. The topological polar surface area (TPSA) is 25.4 Å².